The molecule has 3 amide bonds. The predicted molar refractivity (Wildman–Crippen MR) is 146 cm³/mol. The Morgan fingerprint density at radius 3 is 2.32 bits per heavy atom. The molecule has 1 heterocycles. The van der Waals surface area contributed by atoms with E-state index < -0.39 is 17.8 Å². The fraction of sp³-hybridized carbons (Fsp3) is 0.207. The topological polar surface area (TPSA) is 88.5 Å². The summed E-state index contributed by atoms with van der Waals surface area (Å²) in [5, 5.41) is 10.2. The van der Waals surface area contributed by atoms with E-state index in [-0.39, 0.29) is 18.2 Å². The van der Waals surface area contributed by atoms with Crippen LogP contribution in [0.4, 0.5) is 20.7 Å². The Balaban J connectivity index is 1.57. The van der Waals surface area contributed by atoms with Gasteiger partial charge in [0.05, 0.1) is 24.2 Å². The molecule has 0 unspecified atom stereocenters. The van der Waals surface area contributed by atoms with Gasteiger partial charge in [-0.25, -0.2) is 13.9 Å². The minimum Gasteiger partial charge on any atom is -0.497 e. The maximum Gasteiger partial charge on any atom is 0.322 e. The molecule has 0 aliphatic rings. The zero-order chi connectivity index (χ0) is 27.1. The second-order valence-electron chi connectivity index (χ2n) is 9.12. The van der Waals surface area contributed by atoms with Crippen molar-refractivity contribution in [2.45, 2.75) is 13.8 Å². The molecule has 1 aromatic heterocycles. The summed E-state index contributed by atoms with van der Waals surface area (Å²) >= 11 is 0. The fourth-order valence-corrected chi connectivity index (χ4v) is 3.91. The van der Waals surface area contributed by atoms with Crippen LogP contribution in [0.15, 0.2) is 84.9 Å². The van der Waals surface area contributed by atoms with Crippen LogP contribution in [-0.2, 0) is 4.79 Å². The van der Waals surface area contributed by atoms with Gasteiger partial charge in [0.2, 0.25) is 5.91 Å². The zero-order valence-electron chi connectivity index (χ0n) is 21.5. The quantitative estimate of drug-likeness (QED) is 0.294. The molecule has 9 heteroatoms. The van der Waals surface area contributed by atoms with E-state index >= 15 is 0 Å². The maximum absolute atomic E-state index is 14.1. The van der Waals surface area contributed by atoms with Gasteiger partial charge in [-0.05, 0) is 42.3 Å². The molecule has 0 aliphatic heterocycles. The molecule has 0 fully saturated rings. The molecule has 196 valence electrons. The van der Waals surface area contributed by atoms with Crippen LogP contribution in [0.25, 0.3) is 16.9 Å². The van der Waals surface area contributed by atoms with Crippen LogP contribution >= 0.6 is 0 Å². The zero-order valence-corrected chi connectivity index (χ0v) is 21.5. The average molecular weight is 516 g/mol. The van der Waals surface area contributed by atoms with Crippen molar-refractivity contribution in [3.05, 3.63) is 90.7 Å². The highest BCUT2D eigenvalue weighted by Crippen LogP contribution is 2.26. The third-order valence-corrected chi connectivity index (χ3v) is 5.69. The Bertz CT molecular complexity index is 1390. The Hall–Kier alpha value is -4.66. The number of methoxy groups -OCH3 is 1. The first-order valence-corrected chi connectivity index (χ1v) is 12.2. The summed E-state index contributed by atoms with van der Waals surface area (Å²) < 4.78 is 21.0. The molecule has 0 spiro atoms. The standard InChI is InChI=1S/C29H30FN5O3/c1-20(2)18-34(29(37)31-25-12-8-7-11-24(25)30)19-28(36)32-27-17-26(21-9-5-4-6-10-21)33-35(27)22-13-15-23(38-3)16-14-22/h4-17,20H,18-19H2,1-3H3,(H,31,37)(H,32,36). The van der Waals surface area contributed by atoms with Gasteiger partial charge in [0.1, 0.15) is 23.9 Å². The Labute approximate surface area is 221 Å². The maximum atomic E-state index is 14.1. The third kappa shape index (κ3) is 6.56. The Morgan fingerprint density at radius 1 is 0.974 bits per heavy atom. The highest BCUT2D eigenvalue weighted by Gasteiger charge is 2.21. The summed E-state index contributed by atoms with van der Waals surface area (Å²) in [7, 11) is 1.59. The number of hydrogen-bond donors (Lipinski definition) is 2. The van der Waals surface area contributed by atoms with Crippen LogP contribution < -0.4 is 15.4 Å². The summed E-state index contributed by atoms with van der Waals surface area (Å²) in [6, 6.07) is 24.0. The van der Waals surface area contributed by atoms with Gasteiger partial charge >= 0.3 is 6.03 Å². The number of carbonyl (C=O) groups excluding carboxylic acids is 2. The molecule has 0 bridgehead atoms. The Morgan fingerprint density at radius 2 is 1.66 bits per heavy atom. The van der Waals surface area contributed by atoms with Gasteiger partial charge in [-0.2, -0.15) is 5.10 Å². The van der Waals surface area contributed by atoms with Gasteiger partial charge in [-0.15, -0.1) is 0 Å². The molecule has 8 nitrogen and oxygen atoms in total. The molecule has 0 saturated heterocycles. The first-order valence-electron chi connectivity index (χ1n) is 12.2. The highest BCUT2D eigenvalue weighted by molar-refractivity contribution is 5.97. The largest absolute Gasteiger partial charge is 0.497 e. The van der Waals surface area contributed by atoms with Crippen molar-refractivity contribution in [3.63, 3.8) is 0 Å². The van der Waals surface area contributed by atoms with E-state index in [0.29, 0.717) is 23.8 Å². The van der Waals surface area contributed by atoms with Crippen LogP contribution in [-0.4, -0.2) is 46.8 Å². The SMILES string of the molecule is COc1ccc(-n2nc(-c3ccccc3)cc2NC(=O)CN(CC(C)C)C(=O)Nc2ccccc2F)cc1. The minimum absolute atomic E-state index is 0.0525. The normalized spacial score (nSPS) is 10.8. The molecular formula is C29H30FN5O3. The Kier molecular flexibility index (Phi) is 8.37. The summed E-state index contributed by atoms with van der Waals surface area (Å²) in [5.74, 6) is 0.261. The van der Waals surface area contributed by atoms with E-state index in [0.717, 1.165) is 11.3 Å². The number of nitrogens with zero attached hydrogens (tertiary/aromatic N) is 3. The lowest BCUT2D eigenvalue weighted by molar-refractivity contribution is -0.116. The van der Waals surface area contributed by atoms with Crippen LogP contribution in [0.5, 0.6) is 5.75 Å². The second kappa shape index (κ2) is 12.1. The van der Waals surface area contributed by atoms with Gasteiger partial charge in [0.25, 0.3) is 0 Å². The van der Waals surface area contributed by atoms with Crippen molar-refractivity contribution in [2.75, 3.05) is 30.8 Å². The number of aromatic nitrogens is 2. The van der Waals surface area contributed by atoms with Crippen molar-refractivity contribution in [2.24, 2.45) is 5.92 Å². The van der Waals surface area contributed by atoms with E-state index in [2.05, 4.69) is 10.6 Å². The number of hydrogen-bond acceptors (Lipinski definition) is 4. The van der Waals surface area contributed by atoms with Gasteiger partial charge in [0, 0.05) is 18.2 Å². The van der Waals surface area contributed by atoms with Crippen LogP contribution in [0.1, 0.15) is 13.8 Å². The number of rotatable bonds is 9. The summed E-state index contributed by atoms with van der Waals surface area (Å²) in [4.78, 5) is 27.5. The van der Waals surface area contributed by atoms with Crippen LogP contribution in [0.3, 0.4) is 0 Å². The fourth-order valence-electron chi connectivity index (χ4n) is 3.91. The summed E-state index contributed by atoms with van der Waals surface area (Å²) in [6.07, 6.45) is 0. The average Bonchev–Trinajstić information content (AvgIpc) is 3.33. The van der Waals surface area contributed by atoms with Gasteiger partial charge in [0.15, 0.2) is 0 Å². The molecular weight excluding hydrogens is 485 g/mol. The number of carbonyl (C=O) groups is 2. The van der Waals surface area contributed by atoms with Crippen molar-refractivity contribution >= 4 is 23.4 Å². The number of para-hydroxylation sites is 1. The summed E-state index contributed by atoms with van der Waals surface area (Å²) in [5.41, 5.74) is 2.34. The second-order valence-corrected chi connectivity index (χ2v) is 9.12. The molecule has 0 radical (unpaired) electrons. The van der Waals surface area contributed by atoms with E-state index in [9.17, 15) is 14.0 Å². The first kappa shape index (κ1) is 26.4. The van der Waals surface area contributed by atoms with Gasteiger partial charge in [-0.3, -0.25) is 4.79 Å². The van der Waals surface area contributed by atoms with E-state index in [4.69, 9.17) is 9.84 Å². The minimum atomic E-state index is -0.562. The number of amides is 3. The van der Waals surface area contributed by atoms with Crippen molar-refractivity contribution in [3.8, 4) is 22.7 Å². The number of anilines is 2. The van der Waals surface area contributed by atoms with E-state index in [1.165, 1.54) is 17.0 Å². The highest BCUT2D eigenvalue weighted by atomic mass is 19.1. The van der Waals surface area contributed by atoms with E-state index in [1.807, 2.05) is 68.4 Å². The van der Waals surface area contributed by atoms with Crippen LogP contribution in [0, 0.1) is 11.7 Å². The number of ether oxygens (including phenoxy) is 1. The lowest BCUT2D eigenvalue weighted by atomic mass is 10.1. The molecule has 3 aromatic carbocycles. The lowest BCUT2D eigenvalue weighted by Gasteiger charge is -2.24. The third-order valence-electron chi connectivity index (χ3n) is 5.69. The van der Waals surface area contributed by atoms with E-state index in [1.54, 1.807) is 30.0 Å². The van der Waals surface area contributed by atoms with Crippen molar-refractivity contribution < 1.29 is 18.7 Å². The molecule has 38 heavy (non-hydrogen) atoms. The first-order chi connectivity index (χ1) is 18.3. The molecule has 0 atom stereocenters. The molecule has 0 aliphatic carbocycles. The number of benzene rings is 3. The molecule has 4 aromatic rings. The number of urea groups is 1. The molecule has 2 N–H and O–H groups in total. The van der Waals surface area contributed by atoms with Crippen molar-refractivity contribution in [1.82, 2.24) is 14.7 Å². The summed E-state index contributed by atoms with van der Waals surface area (Å²) in [6.45, 7) is 3.95. The van der Waals surface area contributed by atoms with Crippen molar-refractivity contribution in [1.29, 1.82) is 0 Å². The van der Waals surface area contributed by atoms with Gasteiger partial charge < -0.3 is 20.3 Å². The predicted octanol–water partition coefficient (Wildman–Crippen LogP) is 5.82. The number of halogens is 1. The number of nitrogens with one attached hydrogen (secondary N) is 2. The molecule has 4 rings (SSSR count). The van der Waals surface area contributed by atoms with Gasteiger partial charge in [-0.1, -0.05) is 56.3 Å². The lowest BCUT2D eigenvalue weighted by Crippen LogP contribution is -2.42. The smallest absolute Gasteiger partial charge is 0.322 e. The monoisotopic (exact) mass is 515 g/mol. The molecule has 0 saturated carbocycles. The van der Waals surface area contributed by atoms with Crippen LogP contribution in [0.2, 0.25) is 0 Å².